The summed E-state index contributed by atoms with van der Waals surface area (Å²) in [6, 6.07) is 16.0. The average molecular weight is 493 g/mol. The standard InChI is InChI=1S/C24H20N4O4S2/c1-18-6-10-21(11-7-18)33(29,30)27-24(5-3-4-14-25)23-17-28(16-20(23)15-26)34(31,32)22-12-8-19(2)9-13-22/h3,5-13,16-17H,4H2,1-2H3/b5-3+,27-24-. The Balaban J connectivity index is 2.17. The molecule has 3 aromatic rings. The number of aryl methyl sites for hydroxylation is 2. The molecule has 0 saturated carbocycles. The third-order valence-corrected chi connectivity index (χ3v) is 7.76. The minimum atomic E-state index is -4.18. The molecule has 0 N–H and O–H groups in total. The maximum Gasteiger partial charge on any atom is 0.282 e. The van der Waals surface area contributed by atoms with Crippen molar-refractivity contribution in [3.05, 3.63) is 95.3 Å². The first-order chi connectivity index (χ1) is 16.1. The van der Waals surface area contributed by atoms with E-state index in [1.165, 1.54) is 36.4 Å². The Morgan fingerprint density at radius 1 is 0.912 bits per heavy atom. The molecule has 0 aliphatic heterocycles. The number of rotatable bonds is 7. The first-order valence-electron chi connectivity index (χ1n) is 9.98. The summed E-state index contributed by atoms with van der Waals surface area (Å²) in [7, 11) is -8.23. The van der Waals surface area contributed by atoms with Gasteiger partial charge in [0.05, 0.1) is 33.6 Å². The largest absolute Gasteiger partial charge is 0.282 e. The molecule has 0 saturated heterocycles. The van der Waals surface area contributed by atoms with Crippen molar-refractivity contribution in [2.24, 2.45) is 4.40 Å². The molecule has 34 heavy (non-hydrogen) atoms. The Kier molecular flexibility index (Phi) is 7.16. The van der Waals surface area contributed by atoms with Gasteiger partial charge in [-0.25, -0.2) is 12.4 Å². The normalized spacial score (nSPS) is 12.4. The van der Waals surface area contributed by atoms with Gasteiger partial charge in [-0.2, -0.15) is 23.3 Å². The summed E-state index contributed by atoms with van der Waals surface area (Å²) < 4.78 is 56.7. The molecule has 0 unspecified atom stereocenters. The molecule has 1 heterocycles. The highest BCUT2D eigenvalue weighted by molar-refractivity contribution is 7.90. The van der Waals surface area contributed by atoms with Gasteiger partial charge in [0.25, 0.3) is 20.0 Å². The SMILES string of the molecule is Cc1ccc(S(=O)(=O)/N=C(/C=C/CC#N)c2cn(S(=O)(=O)c3ccc(C)cc3)cc2C#N)cc1. The monoisotopic (exact) mass is 492 g/mol. The van der Waals surface area contributed by atoms with Crippen molar-refractivity contribution in [3.8, 4) is 12.1 Å². The summed E-state index contributed by atoms with van der Waals surface area (Å²) in [4.78, 5) is -0.0515. The van der Waals surface area contributed by atoms with E-state index in [9.17, 15) is 22.1 Å². The van der Waals surface area contributed by atoms with Crippen LogP contribution in [0.25, 0.3) is 0 Å². The lowest BCUT2D eigenvalue weighted by Gasteiger charge is -2.06. The first-order valence-corrected chi connectivity index (χ1v) is 12.9. The molecule has 0 atom stereocenters. The van der Waals surface area contributed by atoms with Gasteiger partial charge in [-0.3, -0.25) is 0 Å². The lowest BCUT2D eigenvalue weighted by molar-refractivity contribution is 0.587. The third kappa shape index (κ3) is 5.31. The van der Waals surface area contributed by atoms with E-state index in [0.29, 0.717) is 0 Å². The summed E-state index contributed by atoms with van der Waals surface area (Å²) in [6.07, 6.45) is 4.89. The molecule has 1 aromatic heterocycles. The van der Waals surface area contributed by atoms with E-state index in [4.69, 9.17) is 5.26 Å². The molecule has 172 valence electrons. The first kappa shape index (κ1) is 24.6. The van der Waals surface area contributed by atoms with Gasteiger partial charge in [0.2, 0.25) is 0 Å². The third-order valence-electron chi connectivity index (χ3n) is 4.82. The minimum Gasteiger partial charge on any atom is -0.247 e. The number of allylic oxidation sites excluding steroid dienone is 2. The Morgan fingerprint density at radius 3 is 2.00 bits per heavy atom. The quantitative estimate of drug-likeness (QED) is 0.460. The van der Waals surface area contributed by atoms with Crippen molar-refractivity contribution in [2.45, 2.75) is 30.1 Å². The molecule has 2 aromatic carbocycles. The predicted octanol–water partition coefficient (Wildman–Crippen LogP) is 3.86. The molecule has 0 amide bonds. The van der Waals surface area contributed by atoms with Crippen molar-refractivity contribution in [1.29, 1.82) is 10.5 Å². The van der Waals surface area contributed by atoms with Gasteiger partial charge < -0.3 is 0 Å². The highest BCUT2D eigenvalue weighted by Crippen LogP contribution is 2.22. The van der Waals surface area contributed by atoms with E-state index in [1.54, 1.807) is 24.3 Å². The van der Waals surface area contributed by atoms with Crippen LogP contribution in [0.5, 0.6) is 0 Å². The number of hydrogen-bond acceptors (Lipinski definition) is 6. The van der Waals surface area contributed by atoms with E-state index in [-0.39, 0.29) is 33.1 Å². The Hall–Kier alpha value is -3.99. The maximum absolute atomic E-state index is 13.1. The lowest BCUT2D eigenvalue weighted by Crippen LogP contribution is -2.11. The summed E-state index contributed by atoms with van der Waals surface area (Å²) in [5.41, 5.74) is 1.49. The van der Waals surface area contributed by atoms with Gasteiger partial charge in [-0.05, 0) is 44.2 Å². The van der Waals surface area contributed by atoms with E-state index >= 15 is 0 Å². The molecule has 0 bridgehead atoms. The number of nitrogens with zero attached hydrogens (tertiary/aromatic N) is 4. The molecule has 8 nitrogen and oxygen atoms in total. The number of nitriles is 2. The Labute approximate surface area is 198 Å². The van der Waals surface area contributed by atoms with Crippen molar-refractivity contribution >= 4 is 25.8 Å². The molecule has 0 aliphatic carbocycles. The number of aromatic nitrogens is 1. The van der Waals surface area contributed by atoms with E-state index in [0.717, 1.165) is 27.5 Å². The van der Waals surface area contributed by atoms with Gasteiger partial charge in [-0.15, -0.1) is 0 Å². The van der Waals surface area contributed by atoms with Crippen molar-refractivity contribution in [1.82, 2.24) is 3.97 Å². The van der Waals surface area contributed by atoms with Crippen LogP contribution >= 0.6 is 0 Å². The van der Waals surface area contributed by atoms with Gasteiger partial charge in [0.15, 0.2) is 0 Å². The fourth-order valence-electron chi connectivity index (χ4n) is 2.98. The molecule has 0 fully saturated rings. The number of sulfonamides is 1. The van der Waals surface area contributed by atoms with Crippen LogP contribution in [0.3, 0.4) is 0 Å². The zero-order valence-corrected chi connectivity index (χ0v) is 20.0. The highest BCUT2D eigenvalue weighted by Gasteiger charge is 2.22. The van der Waals surface area contributed by atoms with Crippen LogP contribution in [0.1, 0.15) is 28.7 Å². The average Bonchev–Trinajstić information content (AvgIpc) is 3.24. The van der Waals surface area contributed by atoms with E-state index < -0.39 is 20.0 Å². The summed E-state index contributed by atoms with van der Waals surface area (Å²) in [5.74, 6) is 0. The Morgan fingerprint density at radius 2 is 1.47 bits per heavy atom. The molecule has 3 rings (SSSR count). The van der Waals surface area contributed by atoms with Crippen LogP contribution in [-0.2, 0) is 20.0 Å². The predicted molar refractivity (Wildman–Crippen MR) is 127 cm³/mol. The second-order valence-corrected chi connectivity index (χ2v) is 10.8. The molecular formula is C24H20N4O4S2. The summed E-state index contributed by atoms with van der Waals surface area (Å²) in [5, 5.41) is 18.5. The van der Waals surface area contributed by atoms with Gasteiger partial charge in [0.1, 0.15) is 6.07 Å². The molecule has 0 spiro atoms. The zero-order chi connectivity index (χ0) is 24.9. The summed E-state index contributed by atoms with van der Waals surface area (Å²) >= 11 is 0. The van der Waals surface area contributed by atoms with Gasteiger partial charge >= 0.3 is 0 Å². The smallest absolute Gasteiger partial charge is 0.247 e. The van der Waals surface area contributed by atoms with Crippen LogP contribution in [0, 0.1) is 36.5 Å². The molecule has 10 heteroatoms. The van der Waals surface area contributed by atoms with Crippen LogP contribution in [0.2, 0.25) is 0 Å². The van der Waals surface area contributed by atoms with Crippen LogP contribution in [0.15, 0.2) is 87.3 Å². The van der Waals surface area contributed by atoms with Crippen molar-refractivity contribution in [2.75, 3.05) is 0 Å². The van der Waals surface area contributed by atoms with Crippen LogP contribution < -0.4 is 0 Å². The van der Waals surface area contributed by atoms with E-state index in [1.807, 2.05) is 26.0 Å². The zero-order valence-electron chi connectivity index (χ0n) is 18.4. The van der Waals surface area contributed by atoms with Crippen LogP contribution in [-0.4, -0.2) is 26.5 Å². The molecule has 0 aliphatic rings. The molecular weight excluding hydrogens is 472 g/mol. The molecule has 0 radical (unpaired) electrons. The van der Waals surface area contributed by atoms with Crippen molar-refractivity contribution < 1.29 is 16.8 Å². The van der Waals surface area contributed by atoms with Crippen LogP contribution in [0.4, 0.5) is 0 Å². The second kappa shape index (κ2) is 9.87. The number of benzene rings is 2. The fraction of sp³-hybridized carbons (Fsp3) is 0.125. The van der Waals surface area contributed by atoms with Gasteiger partial charge in [-0.1, -0.05) is 41.5 Å². The highest BCUT2D eigenvalue weighted by atomic mass is 32.2. The fourth-order valence-corrected chi connectivity index (χ4v) is 5.20. The van der Waals surface area contributed by atoms with Crippen molar-refractivity contribution in [3.63, 3.8) is 0 Å². The lowest BCUT2D eigenvalue weighted by atomic mass is 10.1. The summed E-state index contributed by atoms with van der Waals surface area (Å²) in [6.45, 7) is 3.63. The van der Waals surface area contributed by atoms with Gasteiger partial charge in [0, 0.05) is 18.0 Å². The van der Waals surface area contributed by atoms with E-state index in [2.05, 4.69) is 4.40 Å². The Bertz CT molecular complexity index is 1570. The second-order valence-electron chi connectivity index (χ2n) is 7.37. The minimum absolute atomic E-state index is 0.00284. The number of hydrogen-bond donors (Lipinski definition) is 0. The maximum atomic E-state index is 13.1. The topological polar surface area (TPSA) is 133 Å².